The van der Waals surface area contributed by atoms with E-state index in [2.05, 4.69) is 10.3 Å². The lowest BCUT2D eigenvalue weighted by Crippen LogP contribution is -2.04. The molecule has 0 radical (unpaired) electrons. The Morgan fingerprint density at radius 2 is 2.16 bits per heavy atom. The average molecular weight is 260 g/mol. The molecule has 1 heterocycles. The molecule has 0 atom stereocenters. The number of rotatable bonds is 4. The molecule has 2 rings (SSSR count). The topological polar surface area (TPSA) is 62.2 Å². The Morgan fingerprint density at radius 3 is 2.74 bits per heavy atom. The van der Waals surface area contributed by atoms with Crippen LogP contribution in [0.25, 0.3) is 0 Å². The molecule has 2 N–H and O–H groups in total. The molecule has 0 bridgehead atoms. The number of anilines is 1. The van der Waals surface area contributed by atoms with Crippen LogP contribution < -0.4 is 5.32 Å². The first kappa shape index (κ1) is 13.0. The van der Waals surface area contributed by atoms with Crippen molar-refractivity contribution in [3.05, 3.63) is 59.2 Å². The number of hydrogen-bond acceptors (Lipinski definition) is 3. The summed E-state index contributed by atoms with van der Waals surface area (Å²) in [6.45, 7) is 2.40. The van der Waals surface area contributed by atoms with Gasteiger partial charge in [-0.1, -0.05) is 6.07 Å². The third-order valence-corrected chi connectivity index (χ3v) is 2.67. The summed E-state index contributed by atoms with van der Waals surface area (Å²) in [6, 6.07) is 7.77. The van der Waals surface area contributed by atoms with Gasteiger partial charge in [0.25, 0.3) is 0 Å². The Hall–Kier alpha value is -2.43. The predicted octanol–water partition coefficient (Wildman–Crippen LogP) is 2.84. The van der Waals surface area contributed by atoms with E-state index in [9.17, 15) is 9.18 Å². The molecule has 0 aliphatic heterocycles. The van der Waals surface area contributed by atoms with Crippen molar-refractivity contribution >= 4 is 11.7 Å². The van der Waals surface area contributed by atoms with Crippen LogP contribution in [0.1, 0.15) is 21.6 Å². The zero-order valence-corrected chi connectivity index (χ0v) is 10.4. The number of benzene rings is 1. The van der Waals surface area contributed by atoms with Gasteiger partial charge in [-0.2, -0.15) is 0 Å². The van der Waals surface area contributed by atoms with E-state index in [-0.39, 0.29) is 5.56 Å². The molecule has 19 heavy (non-hydrogen) atoms. The number of carboxylic acid groups (broad SMARTS) is 1. The lowest BCUT2D eigenvalue weighted by Gasteiger charge is -2.07. The van der Waals surface area contributed by atoms with E-state index < -0.39 is 11.8 Å². The van der Waals surface area contributed by atoms with Crippen LogP contribution in [-0.4, -0.2) is 16.1 Å². The summed E-state index contributed by atoms with van der Waals surface area (Å²) in [4.78, 5) is 14.8. The van der Waals surface area contributed by atoms with Gasteiger partial charge in [-0.25, -0.2) is 9.18 Å². The van der Waals surface area contributed by atoms with Crippen LogP contribution >= 0.6 is 0 Å². The van der Waals surface area contributed by atoms with Gasteiger partial charge < -0.3 is 10.4 Å². The zero-order valence-electron chi connectivity index (χ0n) is 10.4. The summed E-state index contributed by atoms with van der Waals surface area (Å²) in [5.74, 6) is -2.02. The molecule has 0 amide bonds. The van der Waals surface area contributed by atoms with Crippen LogP contribution in [-0.2, 0) is 6.54 Å². The molecule has 0 fully saturated rings. The van der Waals surface area contributed by atoms with Crippen molar-refractivity contribution in [2.24, 2.45) is 0 Å². The summed E-state index contributed by atoms with van der Waals surface area (Å²) in [6.07, 6.45) is 1.74. The van der Waals surface area contributed by atoms with Gasteiger partial charge in [-0.3, -0.25) is 4.98 Å². The number of aromatic nitrogens is 1. The molecule has 0 saturated carbocycles. The number of carbonyl (C=O) groups is 1. The van der Waals surface area contributed by atoms with Crippen molar-refractivity contribution in [3.8, 4) is 0 Å². The first-order valence-electron chi connectivity index (χ1n) is 5.74. The van der Waals surface area contributed by atoms with Crippen molar-refractivity contribution in [1.29, 1.82) is 0 Å². The summed E-state index contributed by atoms with van der Waals surface area (Å²) in [5.41, 5.74) is 2.10. The largest absolute Gasteiger partial charge is 0.478 e. The Labute approximate surface area is 109 Å². The predicted molar refractivity (Wildman–Crippen MR) is 69.7 cm³/mol. The average Bonchev–Trinajstić information content (AvgIpc) is 2.37. The van der Waals surface area contributed by atoms with Gasteiger partial charge in [-0.05, 0) is 36.8 Å². The summed E-state index contributed by atoms with van der Waals surface area (Å²) in [7, 11) is 0. The Balaban J connectivity index is 2.06. The van der Waals surface area contributed by atoms with Crippen molar-refractivity contribution in [2.75, 3.05) is 5.32 Å². The van der Waals surface area contributed by atoms with Gasteiger partial charge >= 0.3 is 5.97 Å². The van der Waals surface area contributed by atoms with Crippen LogP contribution in [0.5, 0.6) is 0 Å². The summed E-state index contributed by atoms with van der Waals surface area (Å²) >= 11 is 0. The van der Waals surface area contributed by atoms with E-state index in [0.717, 1.165) is 11.3 Å². The van der Waals surface area contributed by atoms with Gasteiger partial charge in [0.05, 0.1) is 5.56 Å². The zero-order chi connectivity index (χ0) is 13.8. The molecular formula is C14H13FN2O2. The second-order valence-electron chi connectivity index (χ2n) is 4.16. The molecule has 5 heteroatoms. The van der Waals surface area contributed by atoms with Crippen molar-refractivity contribution < 1.29 is 14.3 Å². The molecule has 1 aromatic heterocycles. The Kier molecular flexibility index (Phi) is 3.75. The van der Waals surface area contributed by atoms with Crippen molar-refractivity contribution in [1.82, 2.24) is 4.98 Å². The van der Waals surface area contributed by atoms with Crippen LogP contribution in [0, 0.1) is 12.7 Å². The number of aromatic carboxylic acids is 1. The monoisotopic (exact) mass is 260 g/mol. The van der Waals surface area contributed by atoms with Gasteiger partial charge in [0.2, 0.25) is 0 Å². The number of carboxylic acids is 1. The van der Waals surface area contributed by atoms with E-state index >= 15 is 0 Å². The van der Waals surface area contributed by atoms with Crippen molar-refractivity contribution in [2.45, 2.75) is 13.5 Å². The third-order valence-electron chi connectivity index (χ3n) is 2.67. The Morgan fingerprint density at radius 1 is 1.37 bits per heavy atom. The summed E-state index contributed by atoms with van der Waals surface area (Å²) in [5, 5.41) is 11.7. The van der Waals surface area contributed by atoms with Crippen LogP contribution in [0.15, 0.2) is 36.5 Å². The highest BCUT2D eigenvalue weighted by Gasteiger charge is 2.10. The second kappa shape index (κ2) is 5.48. The molecule has 0 spiro atoms. The molecule has 0 unspecified atom stereocenters. The van der Waals surface area contributed by atoms with E-state index in [1.165, 1.54) is 18.2 Å². The minimum Gasteiger partial charge on any atom is -0.478 e. The number of nitrogens with zero attached hydrogens (tertiary/aromatic N) is 1. The van der Waals surface area contributed by atoms with Crippen molar-refractivity contribution in [3.63, 3.8) is 0 Å². The van der Waals surface area contributed by atoms with Crippen LogP contribution in [0.4, 0.5) is 10.1 Å². The standard InChI is InChI=1S/C14H13FN2O2/c1-9-2-3-10(7-16-9)8-17-11-4-5-12(14(18)19)13(15)6-11/h2-7,17H,8H2,1H3,(H,18,19). The maximum Gasteiger partial charge on any atom is 0.338 e. The van der Waals surface area contributed by atoms with Crippen LogP contribution in [0.2, 0.25) is 0 Å². The van der Waals surface area contributed by atoms with Gasteiger partial charge in [-0.15, -0.1) is 0 Å². The van der Waals surface area contributed by atoms with Gasteiger partial charge in [0, 0.05) is 24.1 Å². The minimum atomic E-state index is -1.27. The van der Waals surface area contributed by atoms with Gasteiger partial charge in [0.1, 0.15) is 5.82 Å². The Bertz CT molecular complexity index is 597. The smallest absolute Gasteiger partial charge is 0.338 e. The van der Waals surface area contributed by atoms with E-state index in [1.54, 1.807) is 6.20 Å². The SMILES string of the molecule is Cc1ccc(CNc2ccc(C(=O)O)c(F)c2)cn1. The van der Waals surface area contributed by atoms with Crippen LogP contribution in [0.3, 0.4) is 0 Å². The fraction of sp³-hybridized carbons (Fsp3) is 0.143. The fourth-order valence-electron chi connectivity index (χ4n) is 1.61. The lowest BCUT2D eigenvalue weighted by molar-refractivity contribution is 0.0692. The molecule has 1 aromatic carbocycles. The molecule has 0 saturated heterocycles. The van der Waals surface area contributed by atoms with E-state index in [4.69, 9.17) is 5.11 Å². The molecule has 2 aromatic rings. The molecular weight excluding hydrogens is 247 g/mol. The molecule has 0 aliphatic rings. The first-order valence-corrected chi connectivity index (χ1v) is 5.74. The molecule has 98 valence electrons. The fourth-order valence-corrected chi connectivity index (χ4v) is 1.61. The number of halogens is 1. The number of aryl methyl sites for hydroxylation is 1. The second-order valence-corrected chi connectivity index (χ2v) is 4.16. The highest BCUT2D eigenvalue weighted by atomic mass is 19.1. The highest BCUT2D eigenvalue weighted by Crippen LogP contribution is 2.15. The minimum absolute atomic E-state index is 0.331. The highest BCUT2D eigenvalue weighted by molar-refractivity contribution is 5.88. The number of nitrogens with one attached hydrogen (secondary N) is 1. The van der Waals surface area contributed by atoms with E-state index in [1.807, 2.05) is 19.1 Å². The van der Waals surface area contributed by atoms with Gasteiger partial charge in [0.15, 0.2) is 0 Å². The van der Waals surface area contributed by atoms with E-state index in [0.29, 0.717) is 12.2 Å². The third kappa shape index (κ3) is 3.28. The first-order chi connectivity index (χ1) is 9.06. The normalized spacial score (nSPS) is 10.2. The quantitative estimate of drug-likeness (QED) is 0.887. The maximum absolute atomic E-state index is 13.4. The summed E-state index contributed by atoms with van der Waals surface area (Å²) < 4.78 is 13.4. The molecule has 4 nitrogen and oxygen atoms in total. The number of hydrogen-bond donors (Lipinski definition) is 2. The molecule has 0 aliphatic carbocycles. The maximum atomic E-state index is 13.4. The lowest BCUT2D eigenvalue weighted by atomic mass is 10.2. The number of pyridine rings is 1.